The van der Waals surface area contributed by atoms with Crippen LogP contribution in [0.25, 0.3) is 11.5 Å². The number of benzene rings is 2. The van der Waals surface area contributed by atoms with Gasteiger partial charge in [-0.05, 0) is 31.5 Å². The number of hydrogen-bond donors (Lipinski definition) is 0. The molecule has 0 radical (unpaired) electrons. The van der Waals surface area contributed by atoms with Crippen LogP contribution < -0.4 is 0 Å². The van der Waals surface area contributed by atoms with Crippen LogP contribution in [-0.4, -0.2) is 40.3 Å². The quantitative estimate of drug-likeness (QED) is 0.635. The molecule has 1 saturated heterocycles. The maximum absolute atomic E-state index is 14.0. The van der Waals surface area contributed by atoms with Crippen LogP contribution in [0.2, 0.25) is 0 Å². The molecule has 1 aliphatic rings. The summed E-state index contributed by atoms with van der Waals surface area (Å²) in [5, 5.41) is 0. The molecule has 4 rings (SSSR count). The van der Waals surface area contributed by atoms with Crippen molar-refractivity contribution in [2.75, 3.05) is 19.6 Å². The van der Waals surface area contributed by atoms with Crippen molar-refractivity contribution in [2.24, 2.45) is 0 Å². The van der Waals surface area contributed by atoms with Crippen molar-refractivity contribution >= 4 is 5.91 Å². The summed E-state index contributed by atoms with van der Waals surface area (Å²) in [5.41, 5.74) is 3.07. The number of rotatable bonds is 5. The molecular weight excluding hydrogens is 388 g/mol. The second-order valence-electron chi connectivity index (χ2n) is 7.66. The summed E-state index contributed by atoms with van der Waals surface area (Å²) < 4.78 is 32.8. The first-order chi connectivity index (χ1) is 14.4. The van der Waals surface area contributed by atoms with E-state index in [1.165, 1.54) is 17.7 Å². The topological polar surface area (TPSA) is 49.6 Å². The molecule has 0 N–H and O–H groups in total. The van der Waals surface area contributed by atoms with E-state index >= 15 is 0 Å². The van der Waals surface area contributed by atoms with Crippen molar-refractivity contribution in [3.8, 4) is 11.5 Å². The molecular formula is C23H23F2N3O2. The molecule has 0 bridgehead atoms. The number of aryl methyl sites for hydroxylation is 2. The zero-order chi connectivity index (χ0) is 21.3. The van der Waals surface area contributed by atoms with Gasteiger partial charge in [-0.1, -0.05) is 29.8 Å². The lowest BCUT2D eigenvalue weighted by Crippen LogP contribution is -2.49. The fourth-order valence-electron chi connectivity index (χ4n) is 3.54. The minimum Gasteiger partial charge on any atom is -0.441 e. The van der Waals surface area contributed by atoms with E-state index in [-0.39, 0.29) is 17.4 Å². The fourth-order valence-corrected chi connectivity index (χ4v) is 3.54. The van der Waals surface area contributed by atoms with E-state index in [4.69, 9.17) is 4.42 Å². The summed E-state index contributed by atoms with van der Waals surface area (Å²) in [7, 11) is 0. The largest absolute Gasteiger partial charge is 0.441 e. The Morgan fingerprint density at radius 1 is 1.03 bits per heavy atom. The molecule has 0 saturated carbocycles. The smallest absolute Gasteiger partial charge is 0.237 e. The van der Waals surface area contributed by atoms with Gasteiger partial charge in [0, 0.05) is 32.2 Å². The molecule has 2 aromatic carbocycles. The third-order valence-corrected chi connectivity index (χ3v) is 5.32. The minimum atomic E-state index is -0.720. The zero-order valence-electron chi connectivity index (χ0n) is 17.0. The summed E-state index contributed by atoms with van der Waals surface area (Å²) in [6, 6.07) is 11.5. The number of oxazole rings is 1. The van der Waals surface area contributed by atoms with Gasteiger partial charge in [0.15, 0.2) is 0 Å². The van der Waals surface area contributed by atoms with Crippen LogP contribution in [0.15, 0.2) is 46.9 Å². The zero-order valence-corrected chi connectivity index (χ0v) is 17.0. The predicted molar refractivity (Wildman–Crippen MR) is 108 cm³/mol. The summed E-state index contributed by atoms with van der Waals surface area (Å²) in [6.45, 7) is 6.45. The maximum atomic E-state index is 14.0. The van der Waals surface area contributed by atoms with Gasteiger partial charge >= 0.3 is 0 Å². The lowest BCUT2D eigenvalue weighted by atomic mass is 10.1. The van der Waals surface area contributed by atoms with Crippen LogP contribution in [0.3, 0.4) is 0 Å². The summed E-state index contributed by atoms with van der Waals surface area (Å²) >= 11 is 0. The first-order valence-corrected chi connectivity index (χ1v) is 9.86. The Kier molecular flexibility index (Phi) is 5.63. The van der Waals surface area contributed by atoms with E-state index in [2.05, 4.69) is 4.98 Å². The Morgan fingerprint density at radius 3 is 2.50 bits per heavy atom. The summed E-state index contributed by atoms with van der Waals surface area (Å²) in [4.78, 5) is 20.9. The van der Waals surface area contributed by atoms with Crippen LogP contribution in [-0.2, 0) is 17.9 Å². The molecule has 1 aliphatic heterocycles. The summed E-state index contributed by atoms with van der Waals surface area (Å²) in [6.07, 6.45) is 0. The van der Waals surface area contributed by atoms with E-state index in [1.54, 1.807) is 6.92 Å². The Hall–Kier alpha value is -3.06. The fraction of sp³-hybridized carbons (Fsp3) is 0.304. The maximum Gasteiger partial charge on any atom is 0.237 e. The number of hydrogen-bond acceptors (Lipinski definition) is 4. The standard InChI is InChI=1S/C23H23F2N3O2/c1-15-3-5-17(6-4-15)12-28-10-9-27(14-22(28)29)13-21-16(2)30-23(26-21)19-8-7-18(24)11-20(19)25/h3-8,11H,9-10,12-14H2,1-2H3. The Bertz CT molecular complexity index is 1060. The predicted octanol–water partition coefficient (Wildman–Crippen LogP) is 4.08. The van der Waals surface area contributed by atoms with Gasteiger partial charge in [0.2, 0.25) is 11.8 Å². The van der Waals surface area contributed by atoms with Crippen LogP contribution in [0.5, 0.6) is 0 Å². The van der Waals surface area contributed by atoms with Crippen LogP contribution in [0.1, 0.15) is 22.6 Å². The van der Waals surface area contributed by atoms with Gasteiger partial charge in [-0.15, -0.1) is 0 Å². The molecule has 7 heteroatoms. The van der Waals surface area contributed by atoms with Gasteiger partial charge in [-0.25, -0.2) is 13.8 Å². The van der Waals surface area contributed by atoms with Gasteiger partial charge in [0.1, 0.15) is 17.4 Å². The van der Waals surface area contributed by atoms with Crippen LogP contribution in [0, 0.1) is 25.5 Å². The lowest BCUT2D eigenvalue weighted by molar-refractivity contribution is -0.136. The first kappa shape index (κ1) is 20.2. The number of halogens is 2. The van der Waals surface area contributed by atoms with E-state index in [0.717, 1.165) is 11.6 Å². The molecule has 156 valence electrons. The molecule has 1 aromatic heterocycles. The van der Waals surface area contributed by atoms with Gasteiger partial charge in [-0.2, -0.15) is 0 Å². The number of carbonyl (C=O) groups excluding carboxylic acids is 1. The monoisotopic (exact) mass is 411 g/mol. The lowest BCUT2D eigenvalue weighted by Gasteiger charge is -2.34. The molecule has 5 nitrogen and oxygen atoms in total. The van der Waals surface area contributed by atoms with Crippen LogP contribution in [0.4, 0.5) is 8.78 Å². The second-order valence-corrected chi connectivity index (χ2v) is 7.66. The van der Waals surface area contributed by atoms with Crippen molar-refractivity contribution < 1.29 is 18.0 Å². The Balaban J connectivity index is 1.40. The molecule has 1 fully saturated rings. The number of aromatic nitrogens is 1. The molecule has 30 heavy (non-hydrogen) atoms. The summed E-state index contributed by atoms with van der Waals surface area (Å²) in [5.74, 6) is -0.634. The minimum absolute atomic E-state index is 0.0628. The van der Waals surface area contributed by atoms with Crippen molar-refractivity contribution in [3.63, 3.8) is 0 Å². The number of amides is 1. The van der Waals surface area contributed by atoms with Gasteiger partial charge in [-0.3, -0.25) is 9.69 Å². The molecule has 2 heterocycles. The number of carbonyl (C=O) groups is 1. The van der Waals surface area contributed by atoms with Gasteiger partial charge < -0.3 is 9.32 Å². The second kappa shape index (κ2) is 8.36. The highest BCUT2D eigenvalue weighted by Crippen LogP contribution is 2.26. The van der Waals surface area contributed by atoms with Crippen molar-refractivity contribution in [3.05, 3.63) is 76.7 Å². The number of nitrogens with zero attached hydrogens (tertiary/aromatic N) is 3. The number of piperazine rings is 1. The molecule has 0 aliphatic carbocycles. The molecule has 3 aromatic rings. The first-order valence-electron chi connectivity index (χ1n) is 9.86. The molecule has 0 atom stereocenters. The Morgan fingerprint density at radius 2 is 1.80 bits per heavy atom. The van der Waals surface area contributed by atoms with E-state index in [0.29, 0.717) is 44.2 Å². The van der Waals surface area contributed by atoms with Crippen molar-refractivity contribution in [1.82, 2.24) is 14.8 Å². The Labute approximate surface area is 173 Å². The third-order valence-electron chi connectivity index (χ3n) is 5.32. The third kappa shape index (κ3) is 4.41. The normalized spacial score (nSPS) is 15.1. The van der Waals surface area contributed by atoms with Crippen molar-refractivity contribution in [1.29, 1.82) is 0 Å². The molecule has 0 unspecified atom stereocenters. The molecule has 1 amide bonds. The SMILES string of the molecule is Cc1ccc(CN2CCN(Cc3nc(-c4ccc(F)cc4F)oc3C)CC2=O)cc1. The highest BCUT2D eigenvalue weighted by Gasteiger charge is 2.26. The molecule has 0 spiro atoms. The van der Waals surface area contributed by atoms with E-state index < -0.39 is 11.6 Å². The highest BCUT2D eigenvalue weighted by molar-refractivity contribution is 5.79. The van der Waals surface area contributed by atoms with Crippen LogP contribution >= 0.6 is 0 Å². The van der Waals surface area contributed by atoms with E-state index in [1.807, 2.05) is 41.0 Å². The van der Waals surface area contributed by atoms with Crippen molar-refractivity contribution in [2.45, 2.75) is 26.9 Å². The van der Waals surface area contributed by atoms with E-state index in [9.17, 15) is 13.6 Å². The van der Waals surface area contributed by atoms with Gasteiger partial charge in [0.05, 0.1) is 17.8 Å². The highest BCUT2D eigenvalue weighted by atomic mass is 19.1. The van der Waals surface area contributed by atoms with Gasteiger partial charge in [0.25, 0.3) is 0 Å². The average Bonchev–Trinajstić information content (AvgIpc) is 3.05. The average molecular weight is 411 g/mol.